The number of nitrogens with zero attached hydrogens (tertiary/aromatic N) is 2. The number of benzene rings is 2. The molecule has 4 aromatic rings. The minimum Gasteiger partial charge on any atom is -0.378 e. The van der Waals surface area contributed by atoms with Gasteiger partial charge in [0.15, 0.2) is 0 Å². The average molecular weight is 442 g/mol. The highest BCUT2D eigenvalue weighted by Crippen LogP contribution is 2.37. The van der Waals surface area contributed by atoms with E-state index in [9.17, 15) is 17.2 Å². The number of pyridine rings is 1. The highest BCUT2D eigenvalue weighted by Gasteiger charge is 2.22. The van der Waals surface area contributed by atoms with E-state index in [1.165, 1.54) is 6.20 Å². The van der Waals surface area contributed by atoms with Gasteiger partial charge in [0.25, 0.3) is 10.0 Å². The van der Waals surface area contributed by atoms with Crippen molar-refractivity contribution >= 4 is 32.4 Å². The summed E-state index contributed by atoms with van der Waals surface area (Å²) in [5.74, 6) is -1.94. The maximum Gasteiger partial charge on any atom is 0.262 e. The molecule has 0 aliphatic heterocycles. The Labute approximate surface area is 178 Å². The Balaban J connectivity index is 1.88. The van der Waals surface area contributed by atoms with E-state index >= 15 is 0 Å². The lowest BCUT2D eigenvalue weighted by atomic mass is 10.0. The van der Waals surface area contributed by atoms with Gasteiger partial charge in [-0.25, -0.2) is 22.2 Å². The van der Waals surface area contributed by atoms with Crippen molar-refractivity contribution in [3.05, 3.63) is 72.1 Å². The Morgan fingerprint density at radius 2 is 1.77 bits per heavy atom. The number of fused-ring (bicyclic) bond motifs is 1. The molecule has 0 fully saturated rings. The summed E-state index contributed by atoms with van der Waals surface area (Å²) >= 11 is 0. The average Bonchev–Trinajstić information content (AvgIpc) is 3.14. The topological polar surface area (TPSA) is 78.1 Å². The van der Waals surface area contributed by atoms with Crippen molar-refractivity contribution in [2.75, 3.05) is 23.7 Å². The third-order valence-corrected chi connectivity index (χ3v) is 6.28. The van der Waals surface area contributed by atoms with E-state index in [0.717, 1.165) is 28.9 Å². The van der Waals surface area contributed by atoms with E-state index in [4.69, 9.17) is 0 Å². The van der Waals surface area contributed by atoms with Crippen LogP contribution >= 0.6 is 0 Å². The van der Waals surface area contributed by atoms with E-state index in [1.54, 1.807) is 13.1 Å². The zero-order valence-corrected chi connectivity index (χ0v) is 17.9. The van der Waals surface area contributed by atoms with Crippen LogP contribution < -0.4 is 9.62 Å². The first-order valence-electron chi connectivity index (χ1n) is 9.39. The lowest BCUT2D eigenvalue weighted by Crippen LogP contribution is -2.15. The van der Waals surface area contributed by atoms with Crippen LogP contribution in [0.4, 0.5) is 20.2 Å². The van der Waals surface area contributed by atoms with Gasteiger partial charge in [-0.15, -0.1) is 0 Å². The van der Waals surface area contributed by atoms with E-state index < -0.39 is 26.6 Å². The monoisotopic (exact) mass is 442 g/mol. The standard InChI is InChI=1S/C22H20F2N4O2S/c1-13-11-25-22-20(19(12-26-22)14-5-4-6-17(7-14)28(2)3)21(13)27-31(29,30)18-9-15(23)8-16(24)10-18/h4-12H,1-3H3,(H2,25,26,27). The molecular formula is C22H20F2N4O2S. The zero-order valence-electron chi connectivity index (χ0n) is 17.1. The highest BCUT2D eigenvalue weighted by atomic mass is 32.2. The molecule has 31 heavy (non-hydrogen) atoms. The molecule has 2 N–H and O–H groups in total. The number of anilines is 2. The van der Waals surface area contributed by atoms with Gasteiger partial charge >= 0.3 is 0 Å². The molecule has 0 atom stereocenters. The summed E-state index contributed by atoms with van der Waals surface area (Å²) in [6.07, 6.45) is 3.29. The summed E-state index contributed by atoms with van der Waals surface area (Å²) in [5.41, 5.74) is 3.93. The SMILES string of the molecule is Cc1cnc2[nH]cc(-c3cccc(N(C)C)c3)c2c1NS(=O)(=O)c1cc(F)cc(F)c1. The van der Waals surface area contributed by atoms with Gasteiger partial charge in [0.05, 0.1) is 16.0 Å². The zero-order chi connectivity index (χ0) is 22.3. The van der Waals surface area contributed by atoms with Crippen LogP contribution in [0.25, 0.3) is 22.2 Å². The molecule has 2 heterocycles. The fourth-order valence-corrected chi connectivity index (χ4v) is 4.56. The third-order valence-electron chi connectivity index (χ3n) is 4.95. The Morgan fingerprint density at radius 3 is 2.45 bits per heavy atom. The third kappa shape index (κ3) is 3.96. The summed E-state index contributed by atoms with van der Waals surface area (Å²) < 4.78 is 55.6. The van der Waals surface area contributed by atoms with Gasteiger partial charge in [-0.3, -0.25) is 4.72 Å². The first-order chi connectivity index (χ1) is 14.7. The fourth-order valence-electron chi connectivity index (χ4n) is 3.38. The molecule has 0 bridgehead atoms. The fraction of sp³-hybridized carbons (Fsp3) is 0.136. The number of aromatic amines is 1. The number of nitrogens with one attached hydrogen (secondary N) is 2. The lowest BCUT2D eigenvalue weighted by Gasteiger charge is -2.15. The van der Waals surface area contributed by atoms with Crippen molar-refractivity contribution in [1.29, 1.82) is 0 Å². The molecule has 0 aliphatic carbocycles. The largest absolute Gasteiger partial charge is 0.378 e. The number of hydrogen-bond donors (Lipinski definition) is 2. The molecular weight excluding hydrogens is 422 g/mol. The highest BCUT2D eigenvalue weighted by molar-refractivity contribution is 7.92. The second kappa shape index (κ2) is 7.66. The van der Waals surface area contributed by atoms with E-state index in [2.05, 4.69) is 14.7 Å². The Hall–Kier alpha value is -3.46. The first-order valence-corrected chi connectivity index (χ1v) is 10.9. The number of sulfonamides is 1. The Bertz CT molecular complexity index is 1380. The molecule has 0 aliphatic rings. The van der Waals surface area contributed by atoms with Crippen LogP contribution in [0.1, 0.15) is 5.56 Å². The summed E-state index contributed by atoms with van der Waals surface area (Å²) in [6, 6.07) is 9.94. The number of H-pyrrole nitrogens is 1. The van der Waals surface area contributed by atoms with Gasteiger partial charge in [-0.1, -0.05) is 12.1 Å². The van der Waals surface area contributed by atoms with E-state index in [0.29, 0.717) is 28.4 Å². The molecule has 2 aromatic carbocycles. The van der Waals surface area contributed by atoms with Crippen molar-refractivity contribution < 1.29 is 17.2 Å². The predicted molar refractivity (Wildman–Crippen MR) is 118 cm³/mol. The normalized spacial score (nSPS) is 11.6. The van der Waals surface area contributed by atoms with Gasteiger partial charge in [0.1, 0.15) is 17.3 Å². The van der Waals surface area contributed by atoms with Crippen LogP contribution in [0.3, 0.4) is 0 Å². The minimum atomic E-state index is -4.25. The first kappa shape index (κ1) is 20.8. The number of halogens is 2. The summed E-state index contributed by atoms with van der Waals surface area (Å²) in [4.78, 5) is 8.89. The summed E-state index contributed by atoms with van der Waals surface area (Å²) in [6.45, 7) is 1.71. The molecule has 2 aromatic heterocycles. The summed E-state index contributed by atoms with van der Waals surface area (Å²) in [5, 5.41) is 0.566. The van der Waals surface area contributed by atoms with Crippen LogP contribution in [0.2, 0.25) is 0 Å². The number of aromatic nitrogens is 2. The second-order valence-corrected chi connectivity index (χ2v) is 9.08. The van der Waals surface area contributed by atoms with Gasteiger partial charge < -0.3 is 9.88 Å². The molecule has 9 heteroatoms. The van der Waals surface area contributed by atoms with Gasteiger partial charge in [0.2, 0.25) is 0 Å². The molecule has 0 amide bonds. The molecule has 0 saturated carbocycles. The number of hydrogen-bond acceptors (Lipinski definition) is 4. The second-order valence-electron chi connectivity index (χ2n) is 7.40. The van der Waals surface area contributed by atoms with Crippen molar-refractivity contribution in [3.8, 4) is 11.1 Å². The van der Waals surface area contributed by atoms with Crippen molar-refractivity contribution in [2.24, 2.45) is 0 Å². The van der Waals surface area contributed by atoms with Crippen molar-refractivity contribution in [3.63, 3.8) is 0 Å². The van der Waals surface area contributed by atoms with Gasteiger partial charge in [-0.05, 0) is 42.3 Å². The molecule has 0 saturated heterocycles. The Kier molecular flexibility index (Phi) is 5.14. The van der Waals surface area contributed by atoms with Crippen LogP contribution in [0.15, 0.2) is 59.8 Å². The molecule has 0 spiro atoms. The van der Waals surface area contributed by atoms with Gasteiger partial charge in [-0.2, -0.15) is 0 Å². The van der Waals surface area contributed by atoms with E-state index in [-0.39, 0.29) is 0 Å². The van der Waals surface area contributed by atoms with Crippen molar-refractivity contribution in [2.45, 2.75) is 11.8 Å². The smallest absolute Gasteiger partial charge is 0.262 e. The van der Waals surface area contributed by atoms with Crippen LogP contribution in [-0.2, 0) is 10.0 Å². The predicted octanol–water partition coefficient (Wildman–Crippen LogP) is 4.68. The molecule has 0 radical (unpaired) electrons. The number of aryl methyl sites for hydroxylation is 1. The Morgan fingerprint density at radius 1 is 1.06 bits per heavy atom. The molecule has 160 valence electrons. The van der Waals surface area contributed by atoms with Crippen LogP contribution in [-0.4, -0.2) is 32.5 Å². The number of rotatable bonds is 5. The van der Waals surface area contributed by atoms with Crippen LogP contribution in [0, 0.1) is 18.6 Å². The van der Waals surface area contributed by atoms with Crippen LogP contribution in [0.5, 0.6) is 0 Å². The maximum absolute atomic E-state index is 13.6. The quantitative estimate of drug-likeness (QED) is 0.470. The lowest BCUT2D eigenvalue weighted by molar-refractivity contribution is 0.568. The maximum atomic E-state index is 13.6. The molecule has 0 unspecified atom stereocenters. The molecule has 6 nitrogen and oxygen atoms in total. The van der Waals surface area contributed by atoms with E-state index in [1.807, 2.05) is 43.3 Å². The van der Waals surface area contributed by atoms with Crippen molar-refractivity contribution in [1.82, 2.24) is 9.97 Å². The summed E-state index contributed by atoms with van der Waals surface area (Å²) in [7, 11) is -0.394. The minimum absolute atomic E-state index is 0.293. The van der Waals surface area contributed by atoms with Gasteiger partial charge in [0, 0.05) is 43.8 Å². The molecule has 4 rings (SSSR count).